The van der Waals surface area contributed by atoms with Crippen molar-refractivity contribution in [2.45, 2.75) is 51.5 Å². The number of nitrogens with one attached hydrogen (secondary N) is 2. The van der Waals surface area contributed by atoms with Gasteiger partial charge in [0, 0.05) is 19.0 Å². The molecule has 4 N–H and O–H groups in total. The molecule has 1 aromatic heterocycles. The normalized spacial score (nSPS) is 18.6. The van der Waals surface area contributed by atoms with Gasteiger partial charge in [-0.3, -0.25) is 5.10 Å². The first-order valence-electron chi connectivity index (χ1n) is 6.69. The smallest absolute Gasteiger partial charge is 0.239 e. The number of anilines is 1. The summed E-state index contributed by atoms with van der Waals surface area (Å²) in [6.07, 6.45) is 7.67. The lowest BCUT2D eigenvalue weighted by atomic mass is 9.96. The largest absolute Gasteiger partial charge is 0.367 e. The molecule has 0 spiro atoms. The van der Waals surface area contributed by atoms with Crippen LogP contribution in [0, 0.1) is 5.92 Å². The average molecular weight is 237 g/mol. The highest BCUT2D eigenvalue weighted by molar-refractivity contribution is 5.12. The van der Waals surface area contributed by atoms with Gasteiger partial charge in [-0.15, -0.1) is 5.10 Å². The minimum absolute atomic E-state index is 0.336. The molecule has 0 aromatic carbocycles. The van der Waals surface area contributed by atoms with Crippen molar-refractivity contribution in [1.82, 2.24) is 20.5 Å². The average Bonchev–Trinajstić information content (AvgIpc) is 2.96. The van der Waals surface area contributed by atoms with Crippen molar-refractivity contribution in [3.05, 3.63) is 5.82 Å². The molecule has 1 atom stereocenters. The Hall–Kier alpha value is -1.10. The molecule has 2 rings (SSSR count). The van der Waals surface area contributed by atoms with E-state index in [0.29, 0.717) is 12.0 Å². The molecule has 0 bridgehead atoms. The SMILES string of the molecule is CCC(NCCc1nc(N)n[nH]1)C1CCCC1. The number of aromatic nitrogens is 3. The van der Waals surface area contributed by atoms with Crippen LogP contribution in [-0.2, 0) is 6.42 Å². The third kappa shape index (κ3) is 3.43. The van der Waals surface area contributed by atoms with Gasteiger partial charge in [-0.2, -0.15) is 4.98 Å². The predicted molar refractivity (Wildman–Crippen MR) is 68.5 cm³/mol. The second-order valence-corrected chi connectivity index (χ2v) is 4.90. The number of rotatable bonds is 6. The van der Waals surface area contributed by atoms with Crippen molar-refractivity contribution in [1.29, 1.82) is 0 Å². The summed E-state index contributed by atoms with van der Waals surface area (Å²) in [4.78, 5) is 4.10. The summed E-state index contributed by atoms with van der Waals surface area (Å²) in [6.45, 7) is 3.21. The van der Waals surface area contributed by atoms with Gasteiger partial charge in [0.25, 0.3) is 0 Å². The van der Waals surface area contributed by atoms with Crippen LogP contribution in [-0.4, -0.2) is 27.8 Å². The molecule has 5 heteroatoms. The molecule has 1 aliphatic rings. The van der Waals surface area contributed by atoms with E-state index in [4.69, 9.17) is 5.73 Å². The molecule has 17 heavy (non-hydrogen) atoms. The van der Waals surface area contributed by atoms with Crippen LogP contribution in [0.2, 0.25) is 0 Å². The molecule has 1 aromatic rings. The van der Waals surface area contributed by atoms with Crippen LogP contribution < -0.4 is 11.1 Å². The Labute approximate surface area is 103 Å². The number of H-pyrrole nitrogens is 1. The van der Waals surface area contributed by atoms with Crippen LogP contribution in [0.5, 0.6) is 0 Å². The molecule has 1 saturated carbocycles. The van der Waals surface area contributed by atoms with Crippen LogP contribution in [0.4, 0.5) is 5.95 Å². The molecule has 0 amide bonds. The summed E-state index contributed by atoms with van der Waals surface area (Å²) in [5, 5.41) is 10.3. The van der Waals surface area contributed by atoms with Gasteiger partial charge >= 0.3 is 0 Å². The van der Waals surface area contributed by atoms with Gasteiger partial charge in [0.1, 0.15) is 5.82 Å². The standard InChI is InChI=1S/C12H23N5/c1-2-10(9-5-3-4-6-9)14-8-7-11-15-12(13)17-16-11/h9-10,14H,2-8H2,1H3,(H3,13,15,16,17). The Balaban J connectivity index is 1.72. The molecule has 1 unspecified atom stereocenters. The van der Waals surface area contributed by atoms with E-state index in [0.717, 1.165) is 24.7 Å². The maximum atomic E-state index is 5.46. The molecule has 0 radical (unpaired) electrons. The topological polar surface area (TPSA) is 79.6 Å². The number of hydrogen-bond donors (Lipinski definition) is 3. The molecular weight excluding hydrogens is 214 g/mol. The van der Waals surface area contributed by atoms with Crippen LogP contribution >= 0.6 is 0 Å². The van der Waals surface area contributed by atoms with Crippen LogP contribution in [0.25, 0.3) is 0 Å². The lowest BCUT2D eigenvalue weighted by Crippen LogP contribution is -2.36. The second-order valence-electron chi connectivity index (χ2n) is 4.90. The van der Waals surface area contributed by atoms with E-state index < -0.39 is 0 Å². The zero-order valence-corrected chi connectivity index (χ0v) is 10.6. The van der Waals surface area contributed by atoms with Crippen LogP contribution in [0.3, 0.4) is 0 Å². The Morgan fingerprint density at radius 3 is 2.82 bits per heavy atom. The highest BCUT2D eigenvalue weighted by Crippen LogP contribution is 2.28. The first-order valence-corrected chi connectivity index (χ1v) is 6.69. The fourth-order valence-electron chi connectivity index (χ4n) is 2.80. The summed E-state index contributed by atoms with van der Waals surface area (Å²) < 4.78 is 0. The zero-order valence-electron chi connectivity index (χ0n) is 10.6. The van der Waals surface area contributed by atoms with Crippen molar-refractivity contribution in [2.24, 2.45) is 5.92 Å². The minimum Gasteiger partial charge on any atom is -0.367 e. The lowest BCUT2D eigenvalue weighted by molar-refractivity contribution is 0.350. The first-order chi connectivity index (χ1) is 8.29. The highest BCUT2D eigenvalue weighted by atomic mass is 15.3. The maximum absolute atomic E-state index is 5.46. The van der Waals surface area contributed by atoms with Gasteiger partial charge in [-0.05, 0) is 25.2 Å². The predicted octanol–water partition coefficient (Wildman–Crippen LogP) is 1.49. The molecule has 96 valence electrons. The van der Waals surface area contributed by atoms with Gasteiger partial charge in [0.15, 0.2) is 0 Å². The fourth-order valence-corrected chi connectivity index (χ4v) is 2.80. The molecule has 0 aliphatic heterocycles. The van der Waals surface area contributed by atoms with Crippen molar-refractivity contribution in [3.63, 3.8) is 0 Å². The third-order valence-electron chi connectivity index (χ3n) is 3.73. The molecule has 1 aliphatic carbocycles. The van der Waals surface area contributed by atoms with Gasteiger partial charge in [-0.1, -0.05) is 19.8 Å². The summed E-state index contributed by atoms with van der Waals surface area (Å²) in [6, 6.07) is 0.665. The molecule has 1 fully saturated rings. The van der Waals surface area contributed by atoms with Gasteiger partial charge in [-0.25, -0.2) is 0 Å². The van der Waals surface area contributed by atoms with E-state index in [1.807, 2.05) is 0 Å². The van der Waals surface area contributed by atoms with E-state index in [1.165, 1.54) is 32.1 Å². The second kappa shape index (κ2) is 6.00. The minimum atomic E-state index is 0.336. The van der Waals surface area contributed by atoms with Crippen molar-refractivity contribution in [3.8, 4) is 0 Å². The van der Waals surface area contributed by atoms with Crippen molar-refractivity contribution in [2.75, 3.05) is 12.3 Å². The van der Waals surface area contributed by atoms with E-state index >= 15 is 0 Å². The Morgan fingerprint density at radius 1 is 1.47 bits per heavy atom. The number of nitrogens with two attached hydrogens (primary N) is 1. The van der Waals surface area contributed by atoms with E-state index in [2.05, 4.69) is 27.4 Å². The van der Waals surface area contributed by atoms with Gasteiger partial charge < -0.3 is 11.1 Å². The Morgan fingerprint density at radius 2 is 2.24 bits per heavy atom. The maximum Gasteiger partial charge on any atom is 0.239 e. The number of nitrogens with zero attached hydrogens (tertiary/aromatic N) is 2. The molecule has 1 heterocycles. The number of hydrogen-bond acceptors (Lipinski definition) is 4. The molecule has 5 nitrogen and oxygen atoms in total. The summed E-state index contributed by atoms with van der Waals surface area (Å²) in [5.74, 6) is 2.08. The summed E-state index contributed by atoms with van der Waals surface area (Å²) in [5.41, 5.74) is 5.46. The molecular formula is C12H23N5. The number of aromatic amines is 1. The van der Waals surface area contributed by atoms with Gasteiger partial charge in [0.05, 0.1) is 0 Å². The highest BCUT2D eigenvalue weighted by Gasteiger charge is 2.22. The summed E-state index contributed by atoms with van der Waals surface area (Å²) >= 11 is 0. The summed E-state index contributed by atoms with van der Waals surface area (Å²) in [7, 11) is 0. The lowest BCUT2D eigenvalue weighted by Gasteiger charge is -2.23. The van der Waals surface area contributed by atoms with Crippen LogP contribution in [0.1, 0.15) is 44.9 Å². The van der Waals surface area contributed by atoms with Crippen molar-refractivity contribution >= 4 is 5.95 Å². The molecule has 0 saturated heterocycles. The van der Waals surface area contributed by atoms with E-state index in [1.54, 1.807) is 0 Å². The fraction of sp³-hybridized carbons (Fsp3) is 0.833. The van der Waals surface area contributed by atoms with Crippen LogP contribution in [0.15, 0.2) is 0 Å². The Bertz CT molecular complexity index is 329. The quantitative estimate of drug-likeness (QED) is 0.700. The van der Waals surface area contributed by atoms with E-state index in [9.17, 15) is 0 Å². The third-order valence-corrected chi connectivity index (χ3v) is 3.73. The van der Waals surface area contributed by atoms with Crippen molar-refractivity contribution < 1.29 is 0 Å². The van der Waals surface area contributed by atoms with Gasteiger partial charge in [0.2, 0.25) is 5.95 Å². The zero-order chi connectivity index (χ0) is 12.1. The number of nitrogen functional groups attached to an aromatic ring is 1. The monoisotopic (exact) mass is 237 g/mol. The Kier molecular flexibility index (Phi) is 4.36. The van der Waals surface area contributed by atoms with E-state index in [-0.39, 0.29) is 0 Å². The first kappa shape index (κ1) is 12.4.